The van der Waals surface area contributed by atoms with Crippen molar-refractivity contribution in [1.29, 1.82) is 0 Å². The van der Waals surface area contributed by atoms with Crippen molar-refractivity contribution in [2.24, 2.45) is 0 Å². The van der Waals surface area contributed by atoms with Crippen molar-refractivity contribution < 1.29 is 19.0 Å². The molecule has 21 heavy (non-hydrogen) atoms. The van der Waals surface area contributed by atoms with Crippen LogP contribution >= 0.6 is 11.3 Å². The lowest BCUT2D eigenvalue weighted by molar-refractivity contribution is -0.124. The highest BCUT2D eigenvalue weighted by Crippen LogP contribution is 2.36. The number of nitrogens with zero attached hydrogens (tertiary/aromatic N) is 1. The van der Waals surface area contributed by atoms with Gasteiger partial charge in [0.05, 0.1) is 24.4 Å². The standard InChI is InChI=1S/C14H16N2O4S/c1-18-10-6-8-12(7-11(10)19-2)21-14(15-8)16-13(17)9-4-3-5-20-9/h6-7,9H,3-5H2,1-2H3,(H,15,16,17)/t9-/m1/s1. The molecule has 0 aliphatic carbocycles. The highest BCUT2D eigenvalue weighted by atomic mass is 32.1. The molecule has 1 aliphatic rings. The molecule has 0 bridgehead atoms. The van der Waals surface area contributed by atoms with Crippen molar-refractivity contribution in [3.63, 3.8) is 0 Å². The molecular formula is C14H16N2O4S. The van der Waals surface area contributed by atoms with Crippen molar-refractivity contribution in [3.05, 3.63) is 12.1 Å². The van der Waals surface area contributed by atoms with E-state index in [4.69, 9.17) is 14.2 Å². The number of anilines is 1. The molecule has 6 nitrogen and oxygen atoms in total. The minimum absolute atomic E-state index is 0.134. The Bertz CT molecular complexity index is 623. The average Bonchev–Trinajstić information content (AvgIpc) is 3.14. The Labute approximate surface area is 126 Å². The predicted molar refractivity (Wildman–Crippen MR) is 80.3 cm³/mol. The highest BCUT2D eigenvalue weighted by molar-refractivity contribution is 7.22. The number of carbonyl (C=O) groups is 1. The van der Waals surface area contributed by atoms with Crippen LogP contribution in [0.3, 0.4) is 0 Å². The summed E-state index contributed by atoms with van der Waals surface area (Å²) in [5.74, 6) is 1.13. The fraction of sp³-hybridized carbons (Fsp3) is 0.429. The number of methoxy groups -OCH3 is 2. The molecule has 1 aliphatic heterocycles. The van der Waals surface area contributed by atoms with E-state index in [0.29, 0.717) is 23.2 Å². The minimum atomic E-state index is -0.360. The summed E-state index contributed by atoms with van der Waals surface area (Å²) in [5, 5.41) is 3.37. The van der Waals surface area contributed by atoms with Crippen LogP contribution in [0.4, 0.5) is 5.13 Å². The zero-order valence-electron chi connectivity index (χ0n) is 11.8. The van der Waals surface area contributed by atoms with Gasteiger partial charge < -0.3 is 14.2 Å². The second-order valence-electron chi connectivity index (χ2n) is 4.68. The Morgan fingerprint density at radius 3 is 2.81 bits per heavy atom. The third-order valence-corrected chi connectivity index (χ3v) is 4.28. The number of benzene rings is 1. The Morgan fingerprint density at radius 1 is 1.38 bits per heavy atom. The fourth-order valence-electron chi connectivity index (χ4n) is 2.28. The van der Waals surface area contributed by atoms with Crippen LogP contribution in [-0.4, -0.2) is 37.8 Å². The molecule has 1 saturated heterocycles. The van der Waals surface area contributed by atoms with E-state index in [1.165, 1.54) is 11.3 Å². The number of ether oxygens (including phenoxy) is 3. The van der Waals surface area contributed by atoms with E-state index in [-0.39, 0.29) is 12.0 Å². The monoisotopic (exact) mass is 308 g/mol. The number of hydrogen-bond donors (Lipinski definition) is 1. The van der Waals surface area contributed by atoms with Gasteiger partial charge in [0.1, 0.15) is 6.10 Å². The van der Waals surface area contributed by atoms with Gasteiger partial charge in [0.2, 0.25) is 0 Å². The summed E-state index contributed by atoms with van der Waals surface area (Å²) in [4.78, 5) is 16.4. The molecule has 2 aromatic rings. The first-order valence-corrected chi connectivity index (χ1v) is 7.48. The lowest BCUT2D eigenvalue weighted by atomic mass is 10.2. The van der Waals surface area contributed by atoms with Crippen LogP contribution in [0.5, 0.6) is 11.5 Å². The molecule has 1 aromatic carbocycles. The van der Waals surface area contributed by atoms with Gasteiger partial charge in [0.25, 0.3) is 5.91 Å². The summed E-state index contributed by atoms with van der Waals surface area (Å²) in [6, 6.07) is 3.65. The molecule has 1 N–H and O–H groups in total. The molecule has 0 spiro atoms. The molecule has 112 valence electrons. The number of carbonyl (C=O) groups excluding carboxylic acids is 1. The molecule has 2 heterocycles. The molecule has 1 fully saturated rings. The van der Waals surface area contributed by atoms with E-state index in [0.717, 1.165) is 23.1 Å². The van der Waals surface area contributed by atoms with Gasteiger partial charge in [0.15, 0.2) is 16.6 Å². The Hall–Kier alpha value is -1.86. The smallest absolute Gasteiger partial charge is 0.255 e. The SMILES string of the molecule is COc1cc2nc(NC(=O)[C@H]3CCCO3)sc2cc1OC. The van der Waals surface area contributed by atoms with E-state index in [2.05, 4.69) is 10.3 Å². The topological polar surface area (TPSA) is 69.7 Å². The van der Waals surface area contributed by atoms with Gasteiger partial charge in [-0.1, -0.05) is 11.3 Å². The Balaban J connectivity index is 1.85. The summed E-state index contributed by atoms with van der Waals surface area (Å²) in [6.07, 6.45) is 1.33. The number of hydrogen-bond acceptors (Lipinski definition) is 6. The number of amides is 1. The number of fused-ring (bicyclic) bond motifs is 1. The zero-order valence-corrected chi connectivity index (χ0v) is 12.7. The maximum atomic E-state index is 12.0. The minimum Gasteiger partial charge on any atom is -0.493 e. The van der Waals surface area contributed by atoms with Crippen molar-refractivity contribution >= 4 is 32.6 Å². The summed E-state index contributed by atoms with van der Waals surface area (Å²) >= 11 is 1.40. The maximum absolute atomic E-state index is 12.0. The molecule has 1 atom stereocenters. The van der Waals surface area contributed by atoms with E-state index in [9.17, 15) is 4.79 Å². The predicted octanol–water partition coefficient (Wildman–Crippen LogP) is 2.43. The van der Waals surface area contributed by atoms with Crippen LogP contribution in [0.1, 0.15) is 12.8 Å². The van der Waals surface area contributed by atoms with Crippen LogP contribution in [0.25, 0.3) is 10.2 Å². The molecule has 0 unspecified atom stereocenters. The van der Waals surface area contributed by atoms with Crippen LogP contribution in [0, 0.1) is 0 Å². The summed E-state index contributed by atoms with van der Waals surface area (Å²) in [6.45, 7) is 0.645. The Kier molecular flexibility index (Phi) is 3.94. The molecular weight excluding hydrogens is 292 g/mol. The lowest BCUT2D eigenvalue weighted by Gasteiger charge is -2.07. The largest absolute Gasteiger partial charge is 0.493 e. The number of aromatic nitrogens is 1. The molecule has 7 heteroatoms. The first-order chi connectivity index (χ1) is 10.2. The van der Waals surface area contributed by atoms with Crippen molar-refractivity contribution in [3.8, 4) is 11.5 Å². The average molecular weight is 308 g/mol. The van der Waals surface area contributed by atoms with Gasteiger partial charge >= 0.3 is 0 Å². The van der Waals surface area contributed by atoms with Crippen molar-refractivity contribution in [2.45, 2.75) is 18.9 Å². The third-order valence-electron chi connectivity index (χ3n) is 3.35. The van der Waals surface area contributed by atoms with Gasteiger partial charge in [-0.2, -0.15) is 0 Å². The zero-order chi connectivity index (χ0) is 14.8. The summed E-state index contributed by atoms with van der Waals surface area (Å²) in [5.41, 5.74) is 0.764. The summed E-state index contributed by atoms with van der Waals surface area (Å²) in [7, 11) is 3.17. The van der Waals surface area contributed by atoms with Crippen molar-refractivity contribution in [2.75, 3.05) is 26.1 Å². The van der Waals surface area contributed by atoms with Gasteiger partial charge in [-0.3, -0.25) is 10.1 Å². The van der Waals surface area contributed by atoms with Gasteiger partial charge in [-0.25, -0.2) is 4.98 Å². The van der Waals surface area contributed by atoms with E-state index < -0.39 is 0 Å². The normalized spacial score (nSPS) is 17.9. The van der Waals surface area contributed by atoms with E-state index >= 15 is 0 Å². The van der Waals surface area contributed by atoms with Gasteiger partial charge in [-0.15, -0.1) is 0 Å². The molecule has 0 saturated carbocycles. The second-order valence-corrected chi connectivity index (χ2v) is 5.72. The van der Waals surface area contributed by atoms with Crippen LogP contribution in [0.15, 0.2) is 12.1 Å². The van der Waals surface area contributed by atoms with Crippen LogP contribution < -0.4 is 14.8 Å². The van der Waals surface area contributed by atoms with E-state index in [1.54, 1.807) is 20.3 Å². The number of nitrogens with one attached hydrogen (secondary N) is 1. The maximum Gasteiger partial charge on any atom is 0.255 e. The lowest BCUT2D eigenvalue weighted by Crippen LogP contribution is -2.26. The number of thiazole rings is 1. The first-order valence-electron chi connectivity index (χ1n) is 6.66. The summed E-state index contributed by atoms with van der Waals surface area (Å²) < 4.78 is 16.8. The fourth-order valence-corrected chi connectivity index (χ4v) is 3.16. The quantitative estimate of drug-likeness (QED) is 0.939. The number of rotatable bonds is 4. The Morgan fingerprint density at radius 2 is 2.14 bits per heavy atom. The van der Waals surface area contributed by atoms with Gasteiger partial charge in [0, 0.05) is 18.7 Å². The first kappa shape index (κ1) is 14.1. The molecule has 0 radical (unpaired) electrons. The van der Waals surface area contributed by atoms with Crippen LogP contribution in [-0.2, 0) is 9.53 Å². The van der Waals surface area contributed by atoms with Gasteiger partial charge in [-0.05, 0) is 12.8 Å². The molecule has 1 aromatic heterocycles. The van der Waals surface area contributed by atoms with Crippen LogP contribution in [0.2, 0.25) is 0 Å². The van der Waals surface area contributed by atoms with Crippen molar-refractivity contribution in [1.82, 2.24) is 4.98 Å². The molecule has 1 amide bonds. The second kappa shape index (κ2) is 5.87. The third kappa shape index (κ3) is 2.79. The molecule has 3 rings (SSSR count). The highest BCUT2D eigenvalue weighted by Gasteiger charge is 2.24. The van der Waals surface area contributed by atoms with E-state index in [1.807, 2.05) is 6.07 Å².